The Morgan fingerprint density at radius 2 is 1.70 bits per heavy atom. The molecule has 0 aliphatic rings. The van der Waals surface area contributed by atoms with Gasteiger partial charge in [0.05, 0.1) is 25.6 Å². The first-order valence-electron chi connectivity index (χ1n) is 8.82. The SMILES string of the molecule is COc1ccccc1NC(=O)OC(C)(C)CC(C)c1cccc(OC)c1N. The number of amides is 1. The van der Waals surface area contributed by atoms with Crippen LogP contribution in [0.15, 0.2) is 42.5 Å². The van der Waals surface area contributed by atoms with E-state index in [4.69, 9.17) is 19.9 Å². The summed E-state index contributed by atoms with van der Waals surface area (Å²) in [5.41, 5.74) is 7.64. The van der Waals surface area contributed by atoms with Crippen LogP contribution in [0.1, 0.15) is 38.7 Å². The third kappa shape index (κ3) is 5.29. The van der Waals surface area contributed by atoms with Crippen LogP contribution < -0.4 is 20.5 Å². The zero-order chi connectivity index (χ0) is 20.0. The number of para-hydroxylation sites is 3. The molecule has 0 aliphatic heterocycles. The molecule has 6 nitrogen and oxygen atoms in total. The summed E-state index contributed by atoms with van der Waals surface area (Å²) in [6.07, 6.45) is 0.0688. The summed E-state index contributed by atoms with van der Waals surface area (Å²) in [5, 5.41) is 2.73. The van der Waals surface area contributed by atoms with Gasteiger partial charge in [-0.15, -0.1) is 0 Å². The number of ether oxygens (including phenoxy) is 3. The van der Waals surface area contributed by atoms with Crippen LogP contribution in [0.3, 0.4) is 0 Å². The average molecular weight is 372 g/mol. The van der Waals surface area contributed by atoms with Gasteiger partial charge in [-0.3, -0.25) is 5.32 Å². The number of benzene rings is 2. The summed E-state index contributed by atoms with van der Waals surface area (Å²) in [7, 11) is 3.14. The highest BCUT2D eigenvalue weighted by molar-refractivity contribution is 5.86. The van der Waals surface area contributed by atoms with Crippen molar-refractivity contribution in [1.29, 1.82) is 0 Å². The second kappa shape index (κ2) is 8.66. The molecule has 6 heteroatoms. The van der Waals surface area contributed by atoms with Crippen LogP contribution in [0.25, 0.3) is 0 Å². The smallest absolute Gasteiger partial charge is 0.412 e. The van der Waals surface area contributed by atoms with Crippen LogP contribution in [0.5, 0.6) is 11.5 Å². The Morgan fingerprint density at radius 3 is 2.37 bits per heavy atom. The van der Waals surface area contributed by atoms with E-state index in [1.807, 2.05) is 51.1 Å². The first-order chi connectivity index (χ1) is 12.8. The quantitative estimate of drug-likeness (QED) is 0.682. The predicted molar refractivity (Wildman–Crippen MR) is 108 cm³/mol. The summed E-state index contributed by atoms with van der Waals surface area (Å²) in [6, 6.07) is 12.9. The van der Waals surface area contributed by atoms with Gasteiger partial charge in [-0.05, 0) is 49.9 Å². The number of carbonyl (C=O) groups is 1. The van der Waals surface area contributed by atoms with Gasteiger partial charge in [-0.25, -0.2) is 4.79 Å². The number of nitrogens with two attached hydrogens (primary N) is 1. The van der Waals surface area contributed by atoms with Crippen LogP contribution in [-0.4, -0.2) is 25.9 Å². The molecule has 0 bridgehead atoms. The van der Waals surface area contributed by atoms with E-state index in [0.29, 0.717) is 29.3 Å². The van der Waals surface area contributed by atoms with Gasteiger partial charge in [0.15, 0.2) is 0 Å². The lowest BCUT2D eigenvalue weighted by Gasteiger charge is -2.29. The minimum absolute atomic E-state index is 0.0779. The van der Waals surface area contributed by atoms with E-state index in [9.17, 15) is 4.79 Å². The fourth-order valence-electron chi connectivity index (χ4n) is 3.19. The van der Waals surface area contributed by atoms with Crippen LogP contribution in [0.2, 0.25) is 0 Å². The van der Waals surface area contributed by atoms with Gasteiger partial charge in [0.25, 0.3) is 0 Å². The van der Waals surface area contributed by atoms with Gasteiger partial charge < -0.3 is 19.9 Å². The van der Waals surface area contributed by atoms with Gasteiger partial charge >= 0.3 is 6.09 Å². The van der Waals surface area contributed by atoms with Gasteiger partial charge in [-0.2, -0.15) is 0 Å². The molecule has 0 saturated carbocycles. The first-order valence-corrected chi connectivity index (χ1v) is 8.82. The number of carbonyl (C=O) groups excluding carboxylic acids is 1. The summed E-state index contributed by atoms with van der Waals surface area (Å²) in [5.74, 6) is 1.30. The Labute approximate surface area is 160 Å². The molecular formula is C21H28N2O4. The summed E-state index contributed by atoms with van der Waals surface area (Å²) in [6.45, 7) is 5.80. The monoisotopic (exact) mass is 372 g/mol. The fraction of sp³-hybridized carbons (Fsp3) is 0.381. The van der Waals surface area contributed by atoms with E-state index in [0.717, 1.165) is 5.56 Å². The highest BCUT2D eigenvalue weighted by atomic mass is 16.6. The maximum Gasteiger partial charge on any atom is 0.412 e. The number of rotatable bonds is 7. The van der Waals surface area contributed by atoms with Crippen LogP contribution in [0, 0.1) is 0 Å². The number of nitrogens with one attached hydrogen (secondary N) is 1. The van der Waals surface area contributed by atoms with Crippen molar-refractivity contribution in [2.75, 3.05) is 25.3 Å². The minimum atomic E-state index is -0.693. The number of hydrogen-bond acceptors (Lipinski definition) is 5. The molecule has 0 aliphatic carbocycles. The minimum Gasteiger partial charge on any atom is -0.495 e. The van der Waals surface area contributed by atoms with Crippen molar-refractivity contribution in [3.63, 3.8) is 0 Å². The van der Waals surface area contributed by atoms with Crippen molar-refractivity contribution in [1.82, 2.24) is 0 Å². The van der Waals surface area contributed by atoms with Gasteiger partial charge in [-0.1, -0.05) is 31.2 Å². The van der Waals surface area contributed by atoms with Gasteiger partial charge in [0.2, 0.25) is 0 Å². The van der Waals surface area contributed by atoms with E-state index >= 15 is 0 Å². The molecule has 0 saturated heterocycles. The molecule has 0 radical (unpaired) electrons. The Bertz CT molecular complexity index is 790. The van der Waals surface area contributed by atoms with Crippen molar-refractivity contribution >= 4 is 17.5 Å². The normalized spacial score (nSPS) is 12.2. The second-order valence-corrected chi connectivity index (χ2v) is 7.04. The molecule has 1 amide bonds. The predicted octanol–water partition coefficient (Wildman–Crippen LogP) is 4.81. The lowest BCUT2D eigenvalue weighted by atomic mass is 9.88. The lowest BCUT2D eigenvalue weighted by Crippen LogP contribution is -2.32. The van der Waals surface area contributed by atoms with Crippen molar-refractivity contribution < 1.29 is 19.0 Å². The first kappa shape index (κ1) is 20.4. The second-order valence-electron chi connectivity index (χ2n) is 7.04. The largest absolute Gasteiger partial charge is 0.495 e. The standard InChI is InChI=1S/C21H28N2O4/c1-14(15-9-8-12-18(26-5)19(15)22)13-21(2,3)27-20(24)23-16-10-6-7-11-17(16)25-4/h6-12,14H,13,22H2,1-5H3,(H,23,24). The van der Waals surface area contributed by atoms with Gasteiger partial charge in [0.1, 0.15) is 17.1 Å². The van der Waals surface area contributed by atoms with Crippen molar-refractivity contribution in [2.45, 2.75) is 38.7 Å². The Kier molecular flexibility index (Phi) is 6.55. The van der Waals surface area contributed by atoms with E-state index in [2.05, 4.69) is 5.32 Å². The van der Waals surface area contributed by atoms with Crippen LogP contribution >= 0.6 is 0 Å². The molecule has 2 aromatic carbocycles. The number of nitrogen functional groups attached to an aromatic ring is 1. The molecule has 3 N–H and O–H groups in total. The highest BCUT2D eigenvalue weighted by Crippen LogP contribution is 2.35. The molecule has 146 valence electrons. The molecule has 0 aromatic heterocycles. The third-order valence-corrected chi connectivity index (χ3v) is 4.36. The van der Waals surface area contributed by atoms with Crippen LogP contribution in [0.4, 0.5) is 16.2 Å². The lowest BCUT2D eigenvalue weighted by molar-refractivity contribution is 0.0380. The fourth-order valence-corrected chi connectivity index (χ4v) is 3.19. The molecule has 27 heavy (non-hydrogen) atoms. The summed E-state index contributed by atoms with van der Waals surface area (Å²) < 4.78 is 16.2. The molecule has 0 spiro atoms. The Hall–Kier alpha value is -2.89. The number of hydrogen-bond donors (Lipinski definition) is 2. The molecular weight excluding hydrogens is 344 g/mol. The molecule has 0 heterocycles. The average Bonchev–Trinajstić information content (AvgIpc) is 2.61. The maximum absolute atomic E-state index is 12.3. The van der Waals surface area contributed by atoms with Crippen molar-refractivity contribution in [3.05, 3.63) is 48.0 Å². The maximum atomic E-state index is 12.3. The number of methoxy groups -OCH3 is 2. The summed E-state index contributed by atoms with van der Waals surface area (Å²) >= 11 is 0. The van der Waals surface area contributed by atoms with E-state index in [-0.39, 0.29) is 5.92 Å². The van der Waals surface area contributed by atoms with E-state index in [1.54, 1.807) is 26.4 Å². The molecule has 2 rings (SSSR count). The van der Waals surface area contributed by atoms with Crippen molar-refractivity contribution in [2.24, 2.45) is 0 Å². The molecule has 2 aromatic rings. The summed E-state index contributed by atoms with van der Waals surface area (Å²) in [4.78, 5) is 12.3. The van der Waals surface area contributed by atoms with Crippen molar-refractivity contribution in [3.8, 4) is 11.5 Å². The van der Waals surface area contributed by atoms with Crippen LogP contribution in [-0.2, 0) is 4.74 Å². The third-order valence-electron chi connectivity index (χ3n) is 4.36. The van der Waals surface area contributed by atoms with E-state index in [1.165, 1.54) is 0 Å². The molecule has 1 unspecified atom stereocenters. The topological polar surface area (TPSA) is 82.8 Å². The zero-order valence-corrected chi connectivity index (χ0v) is 16.5. The highest BCUT2D eigenvalue weighted by Gasteiger charge is 2.28. The Morgan fingerprint density at radius 1 is 1.07 bits per heavy atom. The van der Waals surface area contributed by atoms with E-state index < -0.39 is 11.7 Å². The van der Waals surface area contributed by atoms with Gasteiger partial charge in [0, 0.05) is 0 Å². The number of anilines is 2. The molecule has 0 fully saturated rings. The Balaban J connectivity index is 2.04. The molecule has 1 atom stereocenters. The zero-order valence-electron chi connectivity index (χ0n) is 16.5.